The molecule has 10 nitrogen and oxygen atoms in total. The summed E-state index contributed by atoms with van der Waals surface area (Å²) in [4.78, 5) is 45.2. The number of amides is 1. The number of anilines is 2. The number of halogens is 1. The lowest BCUT2D eigenvalue weighted by atomic mass is 9.92. The van der Waals surface area contributed by atoms with Crippen LogP contribution in [0.3, 0.4) is 0 Å². The lowest BCUT2D eigenvalue weighted by Gasteiger charge is -2.32. The molecule has 2 aliphatic heterocycles. The molecule has 5 heterocycles. The Morgan fingerprint density at radius 3 is 2.45 bits per heavy atom. The number of aromatic nitrogens is 5. The van der Waals surface area contributed by atoms with Crippen LogP contribution in [0.5, 0.6) is 0 Å². The van der Waals surface area contributed by atoms with E-state index in [-0.39, 0.29) is 23.6 Å². The molecular formula is C37H37FN8O2S. The summed E-state index contributed by atoms with van der Waals surface area (Å²) in [6, 6.07) is 17.5. The summed E-state index contributed by atoms with van der Waals surface area (Å²) in [5.41, 5.74) is 3.83. The molecule has 2 saturated heterocycles. The van der Waals surface area contributed by atoms with Gasteiger partial charge in [-0.2, -0.15) is 5.10 Å². The van der Waals surface area contributed by atoms with Gasteiger partial charge in [-0.1, -0.05) is 0 Å². The van der Waals surface area contributed by atoms with E-state index >= 15 is 0 Å². The van der Waals surface area contributed by atoms with E-state index in [1.807, 2.05) is 36.6 Å². The minimum absolute atomic E-state index is 0.0461. The topological polar surface area (TPSA) is 120 Å². The van der Waals surface area contributed by atoms with Crippen molar-refractivity contribution in [3.63, 3.8) is 0 Å². The molecule has 2 aromatic carbocycles. The largest absolute Gasteiger partial charge is 0.357 e. The van der Waals surface area contributed by atoms with E-state index in [0.717, 1.165) is 78.2 Å². The maximum absolute atomic E-state index is 13.4. The normalized spacial score (nSPS) is 17.5. The van der Waals surface area contributed by atoms with Crippen molar-refractivity contribution >= 4 is 45.9 Å². The van der Waals surface area contributed by atoms with Crippen LogP contribution in [-0.4, -0.2) is 80.7 Å². The highest BCUT2D eigenvalue weighted by Gasteiger charge is 2.31. The standard InChI is InChI=1S/C37H37FN8O2S/c1-49-33(20-35(48)42-29-8-9-31-30(19-29)36(44-43-31)25-3-6-28(38)7-4-25)27-11-16-45(22-27)23-32(47)24-12-17-46(18-13-24)34-10-5-26(21-41-34)37-39-14-2-15-40-37/h2-10,14-15,19-21,24,27H,11-13,16-18,22-23H2,1H3,(H,42,48)(H,43,44)/b33-20-/t27-/m0/s1. The van der Waals surface area contributed by atoms with E-state index < -0.39 is 0 Å². The Morgan fingerprint density at radius 1 is 0.959 bits per heavy atom. The average Bonchev–Trinajstić information content (AvgIpc) is 3.78. The van der Waals surface area contributed by atoms with Gasteiger partial charge < -0.3 is 10.2 Å². The number of fused-ring (bicyclic) bond motifs is 1. The third kappa shape index (κ3) is 7.55. The molecule has 2 N–H and O–H groups in total. The molecule has 0 unspecified atom stereocenters. The fraction of sp³-hybridized carbons (Fsp3) is 0.297. The van der Waals surface area contributed by atoms with Crippen molar-refractivity contribution in [1.29, 1.82) is 0 Å². The fourth-order valence-corrected chi connectivity index (χ4v) is 7.46. The number of H-pyrrole nitrogens is 1. The van der Waals surface area contributed by atoms with Gasteiger partial charge in [-0.15, -0.1) is 11.8 Å². The number of aromatic amines is 1. The van der Waals surface area contributed by atoms with Crippen molar-refractivity contribution in [3.8, 4) is 22.6 Å². The number of hydrogen-bond donors (Lipinski definition) is 2. The maximum atomic E-state index is 13.4. The van der Waals surface area contributed by atoms with Crippen molar-refractivity contribution in [2.24, 2.45) is 11.8 Å². The summed E-state index contributed by atoms with van der Waals surface area (Å²) < 4.78 is 13.4. The molecule has 0 aliphatic carbocycles. The second-order valence-corrected chi connectivity index (χ2v) is 13.4. The molecule has 2 aliphatic rings. The first-order valence-corrected chi connectivity index (χ1v) is 17.7. The monoisotopic (exact) mass is 676 g/mol. The van der Waals surface area contributed by atoms with Gasteiger partial charge in [-0.3, -0.25) is 19.6 Å². The van der Waals surface area contributed by atoms with Crippen molar-refractivity contribution in [1.82, 2.24) is 30.0 Å². The first kappa shape index (κ1) is 32.6. The zero-order chi connectivity index (χ0) is 33.7. The number of piperidine rings is 1. The highest BCUT2D eigenvalue weighted by Crippen LogP contribution is 2.32. The van der Waals surface area contributed by atoms with Gasteiger partial charge in [0.2, 0.25) is 5.91 Å². The van der Waals surface area contributed by atoms with Crippen LogP contribution in [0.4, 0.5) is 15.9 Å². The number of carbonyl (C=O) groups is 2. The zero-order valence-electron chi connectivity index (χ0n) is 27.2. The van der Waals surface area contributed by atoms with Gasteiger partial charge in [0.15, 0.2) is 5.82 Å². The van der Waals surface area contributed by atoms with Crippen LogP contribution in [0.25, 0.3) is 33.5 Å². The van der Waals surface area contributed by atoms with Crippen LogP contribution >= 0.6 is 11.8 Å². The number of ketones is 1. The van der Waals surface area contributed by atoms with Gasteiger partial charge in [0.05, 0.1) is 17.8 Å². The van der Waals surface area contributed by atoms with E-state index in [1.54, 1.807) is 54.6 Å². The Morgan fingerprint density at radius 2 is 1.71 bits per heavy atom. The van der Waals surface area contributed by atoms with Crippen LogP contribution < -0.4 is 10.2 Å². The predicted octanol–water partition coefficient (Wildman–Crippen LogP) is 6.21. The lowest BCUT2D eigenvalue weighted by Crippen LogP contribution is -2.40. The number of pyridine rings is 1. The summed E-state index contributed by atoms with van der Waals surface area (Å²) in [5.74, 6) is 1.60. The lowest BCUT2D eigenvalue weighted by molar-refractivity contribution is -0.124. The van der Waals surface area contributed by atoms with Crippen LogP contribution in [0, 0.1) is 17.7 Å². The molecular weight excluding hydrogens is 640 g/mol. The van der Waals surface area contributed by atoms with E-state index in [1.165, 1.54) is 12.1 Å². The molecule has 49 heavy (non-hydrogen) atoms. The quantitative estimate of drug-likeness (QED) is 0.166. The SMILES string of the molecule is CS/C(=C\C(=O)Nc1ccc2[nH]nc(-c3ccc(F)cc3)c2c1)[C@H]1CCN(CC(=O)C2CCN(c3ccc(-c4ncccn4)cn3)CC2)C1. The van der Waals surface area contributed by atoms with E-state index in [4.69, 9.17) is 0 Å². The minimum Gasteiger partial charge on any atom is -0.357 e. The highest BCUT2D eigenvalue weighted by atomic mass is 32.2. The third-order valence-electron chi connectivity index (χ3n) is 9.36. The van der Waals surface area contributed by atoms with E-state index in [0.29, 0.717) is 29.5 Å². The number of nitrogens with zero attached hydrogens (tertiary/aromatic N) is 6. The van der Waals surface area contributed by atoms with Crippen molar-refractivity contribution < 1.29 is 14.0 Å². The third-order valence-corrected chi connectivity index (χ3v) is 10.3. The fourth-order valence-electron chi connectivity index (χ4n) is 6.71. The van der Waals surface area contributed by atoms with E-state index in [9.17, 15) is 14.0 Å². The molecule has 0 radical (unpaired) electrons. The molecule has 0 bridgehead atoms. The molecule has 1 atom stereocenters. The summed E-state index contributed by atoms with van der Waals surface area (Å²) in [5, 5.41) is 11.2. The first-order valence-electron chi connectivity index (χ1n) is 16.5. The number of thioether (sulfide) groups is 1. The van der Waals surface area contributed by atoms with Gasteiger partial charge in [-0.25, -0.2) is 19.3 Å². The summed E-state index contributed by atoms with van der Waals surface area (Å²) in [6.45, 7) is 3.62. The molecule has 2 fully saturated rings. The number of nitrogens with one attached hydrogen (secondary N) is 2. The van der Waals surface area contributed by atoms with Gasteiger partial charge in [0, 0.05) is 78.3 Å². The number of Topliss-reactive ketones (excluding diaryl/α,β-unsaturated/α-hetero) is 1. The van der Waals surface area contributed by atoms with Gasteiger partial charge in [0.1, 0.15) is 17.4 Å². The molecule has 7 rings (SSSR count). The van der Waals surface area contributed by atoms with Crippen molar-refractivity contribution in [3.05, 3.63) is 96.1 Å². The summed E-state index contributed by atoms with van der Waals surface area (Å²) >= 11 is 1.58. The Kier molecular flexibility index (Phi) is 9.76. The Balaban J connectivity index is 0.906. The molecule has 5 aromatic rings. The van der Waals surface area contributed by atoms with Crippen LogP contribution in [-0.2, 0) is 9.59 Å². The number of hydrogen-bond acceptors (Lipinski definition) is 9. The first-order chi connectivity index (χ1) is 23.9. The van der Waals surface area contributed by atoms with Crippen LogP contribution in [0.15, 0.2) is 90.2 Å². The Hall–Kier alpha value is -4.94. The predicted molar refractivity (Wildman–Crippen MR) is 191 cm³/mol. The Labute approximate surface area is 288 Å². The average molecular weight is 677 g/mol. The van der Waals surface area contributed by atoms with Crippen LogP contribution in [0.2, 0.25) is 0 Å². The smallest absolute Gasteiger partial charge is 0.249 e. The maximum Gasteiger partial charge on any atom is 0.249 e. The molecule has 250 valence electrons. The number of rotatable bonds is 10. The molecule has 1 amide bonds. The summed E-state index contributed by atoms with van der Waals surface area (Å²) in [6.07, 6.45) is 11.5. The molecule has 3 aromatic heterocycles. The van der Waals surface area contributed by atoms with Gasteiger partial charge in [0.25, 0.3) is 0 Å². The zero-order valence-corrected chi connectivity index (χ0v) is 28.0. The second-order valence-electron chi connectivity index (χ2n) is 12.5. The molecule has 12 heteroatoms. The minimum atomic E-state index is -0.307. The molecule has 0 spiro atoms. The number of benzene rings is 2. The number of likely N-dealkylation sites (tertiary alicyclic amines) is 1. The second kappa shape index (κ2) is 14.7. The van der Waals surface area contributed by atoms with E-state index in [2.05, 4.69) is 40.3 Å². The Bertz CT molecular complexity index is 1960. The van der Waals surface area contributed by atoms with Gasteiger partial charge >= 0.3 is 0 Å². The summed E-state index contributed by atoms with van der Waals surface area (Å²) in [7, 11) is 0. The number of carbonyl (C=O) groups excluding carboxylic acids is 2. The molecule has 0 saturated carbocycles. The van der Waals surface area contributed by atoms with Crippen molar-refractivity contribution in [2.75, 3.05) is 49.2 Å². The highest BCUT2D eigenvalue weighted by molar-refractivity contribution is 8.02. The van der Waals surface area contributed by atoms with Crippen molar-refractivity contribution in [2.45, 2.75) is 19.3 Å². The van der Waals surface area contributed by atoms with Gasteiger partial charge in [-0.05, 0) is 97.6 Å². The van der Waals surface area contributed by atoms with Crippen LogP contribution in [0.1, 0.15) is 19.3 Å².